The first kappa shape index (κ1) is 26.8. The van der Waals surface area contributed by atoms with Crippen molar-refractivity contribution in [2.75, 3.05) is 24.7 Å². The monoisotopic (exact) mass is 515 g/mol. The van der Waals surface area contributed by atoms with E-state index in [1.165, 1.54) is 4.90 Å². The van der Waals surface area contributed by atoms with Crippen LogP contribution in [-0.4, -0.2) is 36.6 Å². The summed E-state index contributed by atoms with van der Waals surface area (Å²) in [6.07, 6.45) is 0. The van der Waals surface area contributed by atoms with Gasteiger partial charge in [0.25, 0.3) is 11.7 Å². The molecule has 1 saturated heterocycles. The molecular formula is C31H33NO6. The van der Waals surface area contributed by atoms with Crippen LogP contribution in [-0.2, 0) is 9.59 Å². The number of hydrogen-bond donors (Lipinski definition) is 1. The molecule has 0 aliphatic carbocycles. The number of aliphatic hydroxyl groups is 1. The fourth-order valence-electron chi connectivity index (χ4n) is 4.35. The molecule has 3 aromatic carbocycles. The van der Waals surface area contributed by atoms with Gasteiger partial charge < -0.3 is 19.3 Å². The average Bonchev–Trinajstić information content (AvgIpc) is 3.18. The first-order valence-corrected chi connectivity index (χ1v) is 12.8. The predicted molar refractivity (Wildman–Crippen MR) is 147 cm³/mol. The second-order valence-corrected chi connectivity index (χ2v) is 9.33. The number of ketones is 1. The Morgan fingerprint density at radius 2 is 1.45 bits per heavy atom. The topological polar surface area (TPSA) is 85.3 Å². The molecule has 1 fully saturated rings. The van der Waals surface area contributed by atoms with Crippen LogP contribution in [0.5, 0.6) is 17.2 Å². The Bertz CT molecular complexity index is 1310. The number of hydrogen-bond acceptors (Lipinski definition) is 6. The third-order valence-electron chi connectivity index (χ3n) is 6.07. The van der Waals surface area contributed by atoms with Crippen LogP contribution in [0.25, 0.3) is 5.76 Å². The molecule has 0 aromatic heterocycles. The zero-order valence-corrected chi connectivity index (χ0v) is 22.1. The first-order valence-electron chi connectivity index (χ1n) is 12.8. The van der Waals surface area contributed by atoms with Crippen molar-refractivity contribution in [3.05, 3.63) is 89.5 Å². The Morgan fingerprint density at radius 3 is 2.08 bits per heavy atom. The zero-order valence-electron chi connectivity index (χ0n) is 22.1. The highest BCUT2D eigenvalue weighted by Gasteiger charge is 2.47. The first-order chi connectivity index (χ1) is 18.3. The van der Waals surface area contributed by atoms with E-state index in [0.29, 0.717) is 59.8 Å². The van der Waals surface area contributed by atoms with Crippen molar-refractivity contribution >= 4 is 23.1 Å². The number of aliphatic hydroxyl groups excluding tert-OH is 1. The average molecular weight is 516 g/mol. The number of rotatable bonds is 10. The molecule has 198 valence electrons. The van der Waals surface area contributed by atoms with E-state index < -0.39 is 17.7 Å². The van der Waals surface area contributed by atoms with Crippen LogP contribution in [0.2, 0.25) is 0 Å². The summed E-state index contributed by atoms with van der Waals surface area (Å²) >= 11 is 0. The van der Waals surface area contributed by atoms with Crippen LogP contribution in [0.15, 0.2) is 78.4 Å². The highest BCUT2D eigenvalue weighted by molar-refractivity contribution is 6.51. The SMILES string of the molecule is CCOc1ccc(N2C(=O)C(=O)/C(=C(\O)c3ccc(OCC(C)C)cc3)C2c2cccc(OCC)c2)cc1. The Kier molecular flexibility index (Phi) is 8.36. The Labute approximate surface area is 223 Å². The standard InChI is InChI=1S/C31H33NO6/c1-5-36-24-16-12-23(13-17-24)32-28(22-8-7-9-26(18-22)37-6-2)27(30(34)31(32)35)29(33)21-10-14-25(15-11-21)38-19-20(3)4/h7-18,20,28,33H,5-6,19H2,1-4H3/b29-27-. The van der Waals surface area contributed by atoms with Crippen molar-refractivity contribution in [3.63, 3.8) is 0 Å². The molecule has 4 rings (SSSR count). The highest BCUT2D eigenvalue weighted by atomic mass is 16.5. The minimum atomic E-state index is -0.856. The van der Waals surface area contributed by atoms with Gasteiger partial charge in [0.1, 0.15) is 23.0 Å². The van der Waals surface area contributed by atoms with Gasteiger partial charge in [0.05, 0.1) is 31.4 Å². The highest BCUT2D eigenvalue weighted by Crippen LogP contribution is 2.43. The largest absolute Gasteiger partial charge is 0.507 e. The molecule has 1 heterocycles. The lowest BCUT2D eigenvalue weighted by Gasteiger charge is -2.26. The van der Waals surface area contributed by atoms with Crippen LogP contribution < -0.4 is 19.1 Å². The molecule has 7 heteroatoms. The number of Topliss-reactive ketones (excluding diaryl/α,β-unsaturated/α-hetero) is 1. The number of benzene rings is 3. The third kappa shape index (κ3) is 5.67. The molecule has 0 saturated carbocycles. The second kappa shape index (κ2) is 11.9. The van der Waals surface area contributed by atoms with Crippen LogP contribution in [0, 0.1) is 5.92 Å². The van der Waals surface area contributed by atoms with Gasteiger partial charge >= 0.3 is 0 Å². The predicted octanol–water partition coefficient (Wildman–Crippen LogP) is 6.15. The number of carbonyl (C=O) groups is 2. The van der Waals surface area contributed by atoms with E-state index in [-0.39, 0.29) is 11.3 Å². The lowest BCUT2D eigenvalue weighted by atomic mass is 9.95. The van der Waals surface area contributed by atoms with E-state index in [1.807, 2.05) is 26.0 Å². The summed E-state index contributed by atoms with van der Waals surface area (Å²) in [5.74, 6) is 0.554. The summed E-state index contributed by atoms with van der Waals surface area (Å²) in [5.41, 5.74) is 1.58. The van der Waals surface area contributed by atoms with Crippen molar-refractivity contribution in [2.24, 2.45) is 5.92 Å². The van der Waals surface area contributed by atoms with Crippen LogP contribution >= 0.6 is 0 Å². The van der Waals surface area contributed by atoms with Crippen molar-refractivity contribution in [3.8, 4) is 17.2 Å². The van der Waals surface area contributed by atoms with Crippen molar-refractivity contribution < 1.29 is 28.9 Å². The van der Waals surface area contributed by atoms with Gasteiger partial charge in [-0.1, -0.05) is 26.0 Å². The summed E-state index contributed by atoms with van der Waals surface area (Å²) in [5, 5.41) is 11.4. The van der Waals surface area contributed by atoms with Crippen LogP contribution in [0.1, 0.15) is 44.9 Å². The molecule has 1 aliphatic rings. The number of anilines is 1. The molecule has 3 aromatic rings. The lowest BCUT2D eigenvalue weighted by molar-refractivity contribution is -0.132. The van der Waals surface area contributed by atoms with Gasteiger partial charge in [-0.25, -0.2) is 0 Å². The number of carbonyl (C=O) groups excluding carboxylic acids is 2. The third-order valence-corrected chi connectivity index (χ3v) is 6.07. The normalized spacial score (nSPS) is 16.7. The van der Waals surface area contributed by atoms with Gasteiger partial charge in [0.2, 0.25) is 0 Å². The summed E-state index contributed by atoms with van der Waals surface area (Å²) in [7, 11) is 0. The van der Waals surface area contributed by atoms with Gasteiger partial charge in [0, 0.05) is 11.3 Å². The maximum Gasteiger partial charge on any atom is 0.300 e. The van der Waals surface area contributed by atoms with Gasteiger partial charge in [-0.2, -0.15) is 0 Å². The van der Waals surface area contributed by atoms with E-state index in [1.54, 1.807) is 60.7 Å². The smallest absolute Gasteiger partial charge is 0.300 e. The fourth-order valence-corrected chi connectivity index (χ4v) is 4.35. The van der Waals surface area contributed by atoms with Gasteiger partial charge in [0.15, 0.2) is 0 Å². The van der Waals surface area contributed by atoms with E-state index >= 15 is 0 Å². The number of ether oxygens (including phenoxy) is 3. The van der Waals surface area contributed by atoms with E-state index in [4.69, 9.17) is 14.2 Å². The van der Waals surface area contributed by atoms with E-state index in [2.05, 4.69) is 13.8 Å². The van der Waals surface area contributed by atoms with Crippen LogP contribution in [0.4, 0.5) is 5.69 Å². The molecule has 1 N–H and O–H groups in total. The minimum Gasteiger partial charge on any atom is -0.507 e. The van der Waals surface area contributed by atoms with Gasteiger partial charge in [-0.3, -0.25) is 14.5 Å². The molecule has 1 atom stereocenters. The Morgan fingerprint density at radius 1 is 0.842 bits per heavy atom. The molecule has 0 spiro atoms. The molecule has 1 unspecified atom stereocenters. The molecule has 0 radical (unpaired) electrons. The maximum absolute atomic E-state index is 13.4. The summed E-state index contributed by atoms with van der Waals surface area (Å²) in [6.45, 7) is 9.43. The molecule has 1 amide bonds. The second-order valence-electron chi connectivity index (χ2n) is 9.33. The quantitative estimate of drug-likeness (QED) is 0.198. The Balaban J connectivity index is 1.81. The minimum absolute atomic E-state index is 0.00776. The lowest BCUT2D eigenvalue weighted by Crippen LogP contribution is -2.29. The van der Waals surface area contributed by atoms with Crippen molar-refractivity contribution in [1.82, 2.24) is 0 Å². The Hall–Kier alpha value is -4.26. The summed E-state index contributed by atoms with van der Waals surface area (Å²) in [4.78, 5) is 28.2. The molecule has 38 heavy (non-hydrogen) atoms. The number of amides is 1. The zero-order chi connectivity index (χ0) is 27.2. The number of nitrogens with zero attached hydrogens (tertiary/aromatic N) is 1. The molecule has 1 aliphatic heterocycles. The van der Waals surface area contributed by atoms with Crippen LogP contribution in [0.3, 0.4) is 0 Å². The summed E-state index contributed by atoms with van der Waals surface area (Å²) < 4.78 is 17.0. The molecule has 7 nitrogen and oxygen atoms in total. The van der Waals surface area contributed by atoms with Crippen molar-refractivity contribution in [1.29, 1.82) is 0 Å². The van der Waals surface area contributed by atoms with Gasteiger partial charge in [-0.05, 0) is 86.0 Å². The van der Waals surface area contributed by atoms with E-state index in [9.17, 15) is 14.7 Å². The van der Waals surface area contributed by atoms with Crippen molar-refractivity contribution in [2.45, 2.75) is 33.7 Å². The van der Waals surface area contributed by atoms with E-state index in [0.717, 1.165) is 0 Å². The fraction of sp³-hybridized carbons (Fsp3) is 0.290. The maximum atomic E-state index is 13.4. The molecule has 0 bridgehead atoms. The molecular weight excluding hydrogens is 482 g/mol. The summed E-state index contributed by atoms with van der Waals surface area (Å²) in [6, 6.07) is 20.2. The van der Waals surface area contributed by atoms with Gasteiger partial charge in [-0.15, -0.1) is 0 Å².